The Bertz CT molecular complexity index is 523. The average molecular weight is 256 g/mol. The number of anilines is 2. The van der Waals surface area contributed by atoms with E-state index in [-0.39, 0.29) is 0 Å². The highest BCUT2D eigenvalue weighted by Gasteiger charge is 2.03. The molecule has 0 aliphatic heterocycles. The van der Waals surface area contributed by atoms with Gasteiger partial charge in [-0.3, -0.25) is 0 Å². The standard InChI is InChI=1S/C16H20N2O/c1-3-19-16-9-7-15(8-10-16)18(2)12-13-5-4-6-14(17)11-13/h4-11H,3,12,17H2,1-2H3. The second kappa shape index (κ2) is 6.14. The summed E-state index contributed by atoms with van der Waals surface area (Å²) in [5.41, 5.74) is 8.96. The smallest absolute Gasteiger partial charge is 0.119 e. The molecule has 3 heteroatoms. The normalized spacial score (nSPS) is 10.2. The highest BCUT2D eigenvalue weighted by molar-refractivity contribution is 5.50. The van der Waals surface area contributed by atoms with Gasteiger partial charge in [-0.05, 0) is 48.9 Å². The number of nitrogen functional groups attached to an aromatic ring is 1. The summed E-state index contributed by atoms with van der Waals surface area (Å²) < 4.78 is 5.44. The van der Waals surface area contributed by atoms with Crippen molar-refractivity contribution in [2.75, 3.05) is 24.3 Å². The zero-order valence-corrected chi connectivity index (χ0v) is 11.5. The minimum atomic E-state index is 0.693. The van der Waals surface area contributed by atoms with E-state index in [2.05, 4.69) is 30.1 Å². The molecule has 0 radical (unpaired) electrons. The van der Waals surface area contributed by atoms with E-state index >= 15 is 0 Å². The van der Waals surface area contributed by atoms with E-state index in [0.29, 0.717) is 6.61 Å². The molecule has 0 amide bonds. The van der Waals surface area contributed by atoms with Gasteiger partial charge in [-0.25, -0.2) is 0 Å². The Kier molecular flexibility index (Phi) is 4.29. The van der Waals surface area contributed by atoms with Crippen LogP contribution in [0.15, 0.2) is 48.5 Å². The molecule has 0 saturated carbocycles. The Morgan fingerprint density at radius 3 is 2.47 bits per heavy atom. The summed E-state index contributed by atoms with van der Waals surface area (Å²) in [7, 11) is 2.07. The van der Waals surface area contributed by atoms with E-state index in [4.69, 9.17) is 10.5 Å². The van der Waals surface area contributed by atoms with Gasteiger partial charge >= 0.3 is 0 Å². The predicted molar refractivity (Wildman–Crippen MR) is 80.6 cm³/mol. The monoisotopic (exact) mass is 256 g/mol. The van der Waals surface area contributed by atoms with Crippen molar-refractivity contribution in [1.29, 1.82) is 0 Å². The molecular formula is C16H20N2O. The highest BCUT2D eigenvalue weighted by Crippen LogP contribution is 2.20. The van der Waals surface area contributed by atoms with Crippen molar-refractivity contribution in [2.24, 2.45) is 0 Å². The summed E-state index contributed by atoms with van der Waals surface area (Å²) in [6.07, 6.45) is 0. The van der Waals surface area contributed by atoms with Gasteiger partial charge in [0.25, 0.3) is 0 Å². The third-order valence-electron chi connectivity index (χ3n) is 2.96. The average Bonchev–Trinajstić information content (AvgIpc) is 2.40. The first-order chi connectivity index (χ1) is 9.19. The van der Waals surface area contributed by atoms with Crippen LogP contribution in [0.25, 0.3) is 0 Å². The quantitative estimate of drug-likeness (QED) is 0.834. The van der Waals surface area contributed by atoms with Gasteiger partial charge in [-0.2, -0.15) is 0 Å². The lowest BCUT2D eigenvalue weighted by Gasteiger charge is -2.20. The molecule has 0 unspecified atom stereocenters. The molecule has 2 N–H and O–H groups in total. The van der Waals surface area contributed by atoms with Gasteiger partial charge in [-0.1, -0.05) is 12.1 Å². The van der Waals surface area contributed by atoms with Crippen LogP contribution in [0.1, 0.15) is 12.5 Å². The molecule has 0 saturated heterocycles. The van der Waals surface area contributed by atoms with Crippen LogP contribution in [-0.2, 0) is 6.54 Å². The first kappa shape index (κ1) is 13.3. The molecule has 0 aliphatic carbocycles. The number of hydrogen-bond donors (Lipinski definition) is 1. The summed E-state index contributed by atoms with van der Waals surface area (Å²) in [4.78, 5) is 2.19. The molecule has 19 heavy (non-hydrogen) atoms. The van der Waals surface area contributed by atoms with E-state index in [1.54, 1.807) is 0 Å². The highest BCUT2D eigenvalue weighted by atomic mass is 16.5. The number of nitrogens with zero attached hydrogens (tertiary/aromatic N) is 1. The van der Waals surface area contributed by atoms with Crippen LogP contribution in [-0.4, -0.2) is 13.7 Å². The Morgan fingerprint density at radius 1 is 1.11 bits per heavy atom. The Balaban J connectivity index is 2.05. The first-order valence-electron chi connectivity index (χ1n) is 6.47. The van der Waals surface area contributed by atoms with E-state index < -0.39 is 0 Å². The van der Waals surface area contributed by atoms with Gasteiger partial charge in [0, 0.05) is 25.0 Å². The largest absolute Gasteiger partial charge is 0.494 e. The van der Waals surface area contributed by atoms with Crippen molar-refractivity contribution in [3.8, 4) is 5.75 Å². The van der Waals surface area contributed by atoms with Crippen LogP contribution in [0, 0.1) is 0 Å². The molecule has 2 rings (SSSR count). The number of nitrogens with two attached hydrogens (primary N) is 1. The number of ether oxygens (including phenoxy) is 1. The maximum Gasteiger partial charge on any atom is 0.119 e. The molecule has 2 aromatic rings. The van der Waals surface area contributed by atoms with Gasteiger partial charge in [0.1, 0.15) is 5.75 Å². The lowest BCUT2D eigenvalue weighted by molar-refractivity contribution is 0.340. The van der Waals surface area contributed by atoms with Gasteiger partial charge in [-0.15, -0.1) is 0 Å². The van der Waals surface area contributed by atoms with E-state index in [9.17, 15) is 0 Å². The fraction of sp³-hybridized carbons (Fsp3) is 0.250. The van der Waals surface area contributed by atoms with Gasteiger partial charge in [0.15, 0.2) is 0 Å². The number of rotatable bonds is 5. The second-order valence-electron chi connectivity index (χ2n) is 4.53. The molecule has 0 fully saturated rings. The lowest BCUT2D eigenvalue weighted by atomic mass is 10.2. The van der Waals surface area contributed by atoms with Gasteiger partial charge in [0.05, 0.1) is 6.61 Å². The zero-order chi connectivity index (χ0) is 13.7. The molecule has 0 heterocycles. The Labute approximate surface area is 114 Å². The van der Waals surface area contributed by atoms with Crippen LogP contribution in [0.4, 0.5) is 11.4 Å². The van der Waals surface area contributed by atoms with E-state index in [1.807, 2.05) is 37.3 Å². The fourth-order valence-corrected chi connectivity index (χ4v) is 2.02. The summed E-state index contributed by atoms with van der Waals surface area (Å²) >= 11 is 0. The van der Waals surface area contributed by atoms with Crippen molar-refractivity contribution in [2.45, 2.75) is 13.5 Å². The molecule has 0 aromatic heterocycles. The minimum Gasteiger partial charge on any atom is -0.494 e. The topological polar surface area (TPSA) is 38.5 Å². The predicted octanol–water partition coefficient (Wildman–Crippen LogP) is 3.30. The van der Waals surface area contributed by atoms with Crippen molar-refractivity contribution in [1.82, 2.24) is 0 Å². The van der Waals surface area contributed by atoms with Crippen LogP contribution in [0.2, 0.25) is 0 Å². The lowest BCUT2D eigenvalue weighted by Crippen LogP contribution is -2.16. The van der Waals surface area contributed by atoms with Crippen LogP contribution in [0.3, 0.4) is 0 Å². The zero-order valence-electron chi connectivity index (χ0n) is 11.5. The third-order valence-corrected chi connectivity index (χ3v) is 2.96. The summed E-state index contributed by atoms with van der Waals surface area (Å²) in [5, 5.41) is 0. The summed E-state index contributed by atoms with van der Waals surface area (Å²) in [6.45, 7) is 3.51. The van der Waals surface area contributed by atoms with Crippen LogP contribution < -0.4 is 15.4 Å². The van der Waals surface area contributed by atoms with Crippen LogP contribution in [0.5, 0.6) is 5.75 Å². The van der Waals surface area contributed by atoms with Crippen molar-refractivity contribution in [3.63, 3.8) is 0 Å². The summed E-state index contributed by atoms with van der Waals surface area (Å²) in [6, 6.07) is 16.1. The SMILES string of the molecule is CCOc1ccc(N(C)Cc2cccc(N)c2)cc1. The van der Waals surface area contributed by atoms with Gasteiger partial charge < -0.3 is 15.4 Å². The molecule has 0 atom stereocenters. The van der Waals surface area contributed by atoms with Crippen molar-refractivity contribution < 1.29 is 4.74 Å². The molecule has 0 aliphatic rings. The fourth-order valence-electron chi connectivity index (χ4n) is 2.02. The molecule has 2 aromatic carbocycles. The first-order valence-corrected chi connectivity index (χ1v) is 6.47. The van der Waals surface area contributed by atoms with E-state index in [1.165, 1.54) is 5.56 Å². The molecule has 100 valence electrons. The number of hydrogen-bond acceptors (Lipinski definition) is 3. The van der Waals surface area contributed by atoms with Crippen molar-refractivity contribution >= 4 is 11.4 Å². The van der Waals surface area contributed by atoms with Crippen molar-refractivity contribution in [3.05, 3.63) is 54.1 Å². The molecule has 0 bridgehead atoms. The Hall–Kier alpha value is -2.16. The minimum absolute atomic E-state index is 0.693. The second-order valence-corrected chi connectivity index (χ2v) is 4.53. The maximum atomic E-state index is 5.79. The molecule has 0 spiro atoms. The third kappa shape index (κ3) is 3.65. The summed E-state index contributed by atoms with van der Waals surface area (Å²) in [5.74, 6) is 0.906. The van der Waals surface area contributed by atoms with Crippen LogP contribution >= 0.6 is 0 Å². The maximum absolute atomic E-state index is 5.79. The molecular weight excluding hydrogens is 236 g/mol. The molecule has 3 nitrogen and oxygen atoms in total. The Morgan fingerprint density at radius 2 is 1.84 bits per heavy atom. The van der Waals surface area contributed by atoms with Gasteiger partial charge in [0.2, 0.25) is 0 Å². The van der Waals surface area contributed by atoms with E-state index in [0.717, 1.165) is 23.7 Å². The number of benzene rings is 2.